The van der Waals surface area contributed by atoms with Gasteiger partial charge in [0.2, 0.25) is 12.1 Å². The van der Waals surface area contributed by atoms with Crippen molar-refractivity contribution in [2.45, 2.75) is 6.29 Å². The molecule has 0 saturated heterocycles. The molecule has 0 N–H and O–H groups in total. The second-order valence-electron chi connectivity index (χ2n) is 3.53. The van der Waals surface area contributed by atoms with E-state index in [9.17, 15) is 14.9 Å². The molecule has 9 nitrogen and oxygen atoms in total. The van der Waals surface area contributed by atoms with Gasteiger partial charge >= 0.3 is 11.8 Å². The maximum atomic E-state index is 11.6. The van der Waals surface area contributed by atoms with E-state index in [4.69, 9.17) is 13.9 Å². The minimum atomic E-state index is -0.826. The number of azo groups is 1. The van der Waals surface area contributed by atoms with Gasteiger partial charge in [0.1, 0.15) is 4.92 Å². The molecule has 0 fully saturated rings. The van der Waals surface area contributed by atoms with Crippen LogP contribution < -0.4 is 0 Å². The first kappa shape index (κ1) is 13.6. The van der Waals surface area contributed by atoms with Gasteiger partial charge < -0.3 is 13.9 Å². The molecule has 0 saturated carbocycles. The van der Waals surface area contributed by atoms with Gasteiger partial charge in [0.25, 0.3) is 0 Å². The van der Waals surface area contributed by atoms with E-state index in [2.05, 4.69) is 10.2 Å². The summed E-state index contributed by atoms with van der Waals surface area (Å²) in [4.78, 5) is 21.2. The zero-order valence-electron chi connectivity index (χ0n) is 10.3. The van der Waals surface area contributed by atoms with E-state index in [0.717, 1.165) is 12.1 Å². The Kier molecular flexibility index (Phi) is 4.01. The number of carbonyl (C=O) groups is 1. The summed E-state index contributed by atoms with van der Waals surface area (Å²) in [6.07, 6.45) is 3.73. The number of hydrogen-bond donors (Lipinski definition) is 0. The summed E-state index contributed by atoms with van der Waals surface area (Å²) in [5.74, 6) is -1.62. The van der Waals surface area contributed by atoms with Gasteiger partial charge in [0.05, 0.1) is 18.0 Å². The van der Waals surface area contributed by atoms with E-state index < -0.39 is 23.0 Å². The summed E-state index contributed by atoms with van der Waals surface area (Å²) in [5.41, 5.74) is 0.359. The number of nitro groups is 1. The van der Waals surface area contributed by atoms with Gasteiger partial charge in [-0.25, -0.2) is 0 Å². The van der Waals surface area contributed by atoms with Crippen molar-refractivity contribution in [2.24, 2.45) is 10.2 Å². The lowest BCUT2D eigenvalue weighted by Crippen LogP contribution is -2.11. The molecule has 1 unspecified atom stereocenters. The Hall–Kier alpha value is -2.81. The Bertz CT molecular complexity index is 615. The fraction of sp³-hybridized carbons (Fsp3) is 0.182. The Morgan fingerprint density at radius 3 is 2.95 bits per heavy atom. The Morgan fingerprint density at radius 1 is 1.50 bits per heavy atom. The molecule has 104 valence electrons. The monoisotopic (exact) mass is 279 g/mol. The van der Waals surface area contributed by atoms with E-state index in [0.29, 0.717) is 5.70 Å². The predicted molar refractivity (Wildman–Crippen MR) is 63.7 cm³/mol. The third-order valence-corrected chi connectivity index (χ3v) is 2.23. The Balaban J connectivity index is 2.07. The second kappa shape index (κ2) is 5.89. The Morgan fingerprint density at radius 2 is 2.30 bits per heavy atom. The van der Waals surface area contributed by atoms with Crippen LogP contribution in [-0.2, 0) is 9.47 Å². The number of hydrogen-bond acceptors (Lipinski definition) is 7. The lowest BCUT2D eigenvalue weighted by molar-refractivity contribution is -0.402. The summed E-state index contributed by atoms with van der Waals surface area (Å²) in [6, 6.07) is 2.23. The van der Waals surface area contributed by atoms with Gasteiger partial charge in [-0.05, 0) is 6.07 Å². The van der Waals surface area contributed by atoms with E-state index in [1.54, 1.807) is 0 Å². The van der Waals surface area contributed by atoms with Gasteiger partial charge in [-0.15, -0.1) is 10.2 Å². The van der Waals surface area contributed by atoms with E-state index >= 15 is 0 Å². The minimum absolute atomic E-state index is 0.264. The molecule has 1 atom stereocenters. The van der Waals surface area contributed by atoms with Crippen molar-refractivity contribution >= 4 is 11.8 Å². The molecule has 2 heterocycles. The lowest BCUT2D eigenvalue weighted by atomic mass is 10.3. The number of rotatable bonds is 4. The summed E-state index contributed by atoms with van der Waals surface area (Å²) >= 11 is 0. The zero-order chi connectivity index (χ0) is 14.5. The number of allylic oxidation sites excluding steroid dienone is 1. The van der Waals surface area contributed by atoms with Crippen molar-refractivity contribution in [3.63, 3.8) is 0 Å². The summed E-state index contributed by atoms with van der Waals surface area (Å²) in [6.45, 7) is 0. The van der Waals surface area contributed by atoms with Gasteiger partial charge in [-0.1, -0.05) is 0 Å². The van der Waals surface area contributed by atoms with Crippen LogP contribution in [0.5, 0.6) is 0 Å². The van der Waals surface area contributed by atoms with Crippen molar-refractivity contribution in [1.29, 1.82) is 0 Å². The molecule has 1 aliphatic rings. The number of furan rings is 1. The number of nitrogens with zero attached hydrogens (tertiary/aromatic N) is 3. The van der Waals surface area contributed by atoms with E-state index in [1.807, 2.05) is 0 Å². The molecule has 1 amide bonds. The molecule has 2 rings (SSSR count). The molecule has 1 aromatic rings. The lowest BCUT2D eigenvalue weighted by Gasteiger charge is -2.13. The van der Waals surface area contributed by atoms with Crippen LogP contribution in [0.3, 0.4) is 0 Å². The molecule has 0 bridgehead atoms. The quantitative estimate of drug-likeness (QED) is 0.473. The molecule has 0 spiro atoms. The first-order chi connectivity index (χ1) is 9.60. The number of ether oxygens (including phenoxy) is 2. The van der Waals surface area contributed by atoms with Crippen LogP contribution in [-0.4, -0.2) is 24.2 Å². The topological polar surface area (TPSA) is 117 Å². The summed E-state index contributed by atoms with van der Waals surface area (Å²) in [7, 11) is 1.45. The standard InChI is InChI=1S/C11H9N3O6/c1-18-10-6-7(4-5-19-10)12-13-11(15)8-2-3-9(20-8)14(16)17/h2-6,10H,1H3. The van der Waals surface area contributed by atoms with E-state index in [-0.39, 0.29) is 5.76 Å². The normalized spacial score (nSPS) is 17.9. The number of amides is 1. The Labute approximate surface area is 112 Å². The largest absolute Gasteiger partial charge is 0.469 e. The average molecular weight is 279 g/mol. The fourth-order valence-electron chi connectivity index (χ4n) is 1.30. The summed E-state index contributed by atoms with van der Waals surface area (Å²) in [5, 5.41) is 17.5. The highest BCUT2D eigenvalue weighted by atomic mass is 16.7. The third kappa shape index (κ3) is 3.14. The van der Waals surface area contributed by atoms with Gasteiger partial charge in [0.15, 0.2) is 0 Å². The van der Waals surface area contributed by atoms with Crippen molar-refractivity contribution < 1.29 is 23.6 Å². The second-order valence-corrected chi connectivity index (χ2v) is 3.53. The predicted octanol–water partition coefficient (Wildman–Crippen LogP) is 2.18. The molecular formula is C11H9N3O6. The first-order valence-corrected chi connectivity index (χ1v) is 5.37. The molecule has 0 aliphatic carbocycles. The van der Waals surface area contributed by atoms with Crippen LogP contribution >= 0.6 is 0 Å². The van der Waals surface area contributed by atoms with Crippen LogP contribution in [0.4, 0.5) is 5.88 Å². The van der Waals surface area contributed by atoms with E-state index in [1.165, 1.54) is 25.5 Å². The molecule has 0 radical (unpaired) electrons. The van der Waals surface area contributed by atoms with Crippen LogP contribution in [0.2, 0.25) is 0 Å². The molecule has 1 aromatic heterocycles. The smallest absolute Gasteiger partial charge is 0.433 e. The SMILES string of the molecule is COC1C=C(N=NC(=O)c2ccc([N+](=O)[O-])o2)C=CO1. The molecule has 20 heavy (non-hydrogen) atoms. The zero-order valence-corrected chi connectivity index (χ0v) is 10.3. The molecule has 9 heteroatoms. The van der Waals surface area contributed by atoms with Crippen LogP contribution in [0.25, 0.3) is 0 Å². The number of methoxy groups -OCH3 is 1. The fourth-order valence-corrected chi connectivity index (χ4v) is 1.30. The maximum Gasteiger partial charge on any atom is 0.433 e. The van der Waals surface area contributed by atoms with Crippen molar-refractivity contribution in [2.75, 3.05) is 7.11 Å². The molecule has 1 aliphatic heterocycles. The van der Waals surface area contributed by atoms with Gasteiger partial charge in [-0.2, -0.15) is 0 Å². The third-order valence-electron chi connectivity index (χ3n) is 2.23. The van der Waals surface area contributed by atoms with Crippen molar-refractivity contribution in [3.05, 3.63) is 52.1 Å². The summed E-state index contributed by atoms with van der Waals surface area (Å²) < 4.78 is 14.6. The molecular weight excluding hydrogens is 270 g/mol. The van der Waals surface area contributed by atoms with Crippen LogP contribution in [0, 0.1) is 10.1 Å². The first-order valence-electron chi connectivity index (χ1n) is 5.37. The van der Waals surface area contributed by atoms with Crippen LogP contribution in [0.15, 0.2) is 50.9 Å². The highest BCUT2D eigenvalue weighted by Crippen LogP contribution is 2.17. The van der Waals surface area contributed by atoms with Gasteiger partial charge in [0, 0.05) is 19.3 Å². The van der Waals surface area contributed by atoms with Gasteiger partial charge in [-0.3, -0.25) is 14.9 Å². The van der Waals surface area contributed by atoms with Crippen molar-refractivity contribution in [3.8, 4) is 0 Å². The van der Waals surface area contributed by atoms with Crippen molar-refractivity contribution in [1.82, 2.24) is 0 Å². The highest BCUT2D eigenvalue weighted by molar-refractivity contribution is 5.92. The average Bonchev–Trinajstić information content (AvgIpc) is 2.95. The molecule has 0 aromatic carbocycles. The number of carbonyl (C=O) groups excluding carboxylic acids is 1. The van der Waals surface area contributed by atoms with Crippen LogP contribution in [0.1, 0.15) is 10.6 Å². The maximum absolute atomic E-state index is 11.6. The highest BCUT2D eigenvalue weighted by Gasteiger charge is 2.17. The minimum Gasteiger partial charge on any atom is -0.469 e.